The summed E-state index contributed by atoms with van der Waals surface area (Å²) < 4.78 is 7.30. The predicted molar refractivity (Wildman–Crippen MR) is 79.5 cm³/mol. The molecule has 1 atom stereocenters. The van der Waals surface area contributed by atoms with Gasteiger partial charge >= 0.3 is 0 Å². The van der Waals surface area contributed by atoms with Gasteiger partial charge in [0, 0.05) is 11.9 Å². The first-order chi connectivity index (χ1) is 9.65. The maximum absolute atomic E-state index is 5.52. The van der Waals surface area contributed by atoms with Crippen molar-refractivity contribution < 1.29 is 4.74 Å². The van der Waals surface area contributed by atoms with Crippen molar-refractivity contribution in [3.05, 3.63) is 26.8 Å². The Hall–Kier alpha value is -1.40. The number of hydrogen-bond acceptors (Lipinski definition) is 5. The molecule has 108 valence electrons. The third-order valence-electron chi connectivity index (χ3n) is 3.84. The second-order valence-electron chi connectivity index (χ2n) is 5.13. The fourth-order valence-electron chi connectivity index (χ4n) is 2.95. The fourth-order valence-corrected chi connectivity index (χ4v) is 4.23. The third kappa shape index (κ3) is 2.03. The molecule has 3 rings (SSSR count). The van der Waals surface area contributed by atoms with Crippen LogP contribution in [0, 0.1) is 6.92 Å². The van der Waals surface area contributed by atoms with E-state index in [1.165, 1.54) is 23.4 Å². The summed E-state index contributed by atoms with van der Waals surface area (Å²) in [6, 6.07) is 0.0502. The maximum atomic E-state index is 5.52. The van der Waals surface area contributed by atoms with E-state index in [9.17, 15) is 0 Å². The predicted octanol–water partition coefficient (Wildman–Crippen LogP) is 1.99. The van der Waals surface area contributed by atoms with Crippen molar-refractivity contribution in [3.63, 3.8) is 0 Å². The Morgan fingerprint density at radius 3 is 2.85 bits per heavy atom. The number of nitrogens with one attached hydrogen (secondary N) is 1. The van der Waals surface area contributed by atoms with Crippen LogP contribution < -0.4 is 10.1 Å². The molecule has 1 aliphatic carbocycles. The lowest BCUT2D eigenvalue weighted by molar-refractivity contribution is 0.366. The van der Waals surface area contributed by atoms with Gasteiger partial charge in [0.15, 0.2) is 0 Å². The number of hydrogen-bond donors (Lipinski definition) is 1. The van der Waals surface area contributed by atoms with Crippen LogP contribution in [0.1, 0.15) is 39.3 Å². The topological polar surface area (TPSA) is 52.0 Å². The van der Waals surface area contributed by atoms with Gasteiger partial charge in [-0.3, -0.25) is 0 Å². The van der Waals surface area contributed by atoms with Crippen LogP contribution >= 0.6 is 11.3 Å². The minimum absolute atomic E-state index is 0.0502. The zero-order valence-corrected chi connectivity index (χ0v) is 13.2. The molecule has 0 bridgehead atoms. The van der Waals surface area contributed by atoms with Gasteiger partial charge in [-0.2, -0.15) is 5.10 Å². The first-order valence-electron chi connectivity index (χ1n) is 6.89. The van der Waals surface area contributed by atoms with Gasteiger partial charge in [0.2, 0.25) is 5.88 Å². The van der Waals surface area contributed by atoms with Gasteiger partial charge in [-0.05, 0) is 33.2 Å². The maximum Gasteiger partial charge on any atom is 0.216 e. The summed E-state index contributed by atoms with van der Waals surface area (Å²) in [5, 5.41) is 8.95. The van der Waals surface area contributed by atoms with E-state index < -0.39 is 0 Å². The van der Waals surface area contributed by atoms with E-state index >= 15 is 0 Å². The lowest BCUT2D eigenvalue weighted by Gasteiger charge is -2.15. The minimum Gasteiger partial charge on any atom is -0.481 e. The number of rotatable bonds is 4. The molecular weight excluding hydrogens is 272 g/mol. The van der Waals surface area contributed by atoms with Gasteiger partial charge in [0.25, 0.3) is 0 Å². The summed E-state index contributed by atoms with van der Waals surface area (Å²) in [7, 11) is 5.56. The highest BCUT2D eigenvalue weighted by Crippen LogP contribution is 2.37. The number of thiazole rings is 1. The molecule has 2 aromatic heterocycles. The zero-order chi connectivity index (χ0) is 14.3. The van der Waals surface area contributed by atoms with Crippen LogP contribution in [0.25, 0.3) is 0 Å². The Morgan fingerprint density at radius 1 is 1.40 bits per heavy atom. The smallest absolute Gasteiger partial charge is 0.216 e. The lowest BCUT2D eigenvalue weighted by Crippen LogP contribution is -2.19. The molecule has 0 fully saturated rings. The van der Waals surface area contributed by atoms with Crippen molar-refractivity contribution in [2.75, 3.05) is 14.2 Å². The first-order valence-corrected chi connectivity index (χ1v) is 7.70. The van der Waals surface area contributed by atoms with Gasteiger partial charge in [-0.15, -0.1) is 11.3 Å². The highest BCUT2D eigenvalue weighted by Gasteiger charge is 2.28. The Balaban J connectivity index is 2.05. The van der Waals surface area contributed by atoms with Gasteiger partial charge in [0.05, 0.1) is 30.1 Å². The molecule has 6 heteroatoms. The molecule has 0 spiro atoms. The second-order valence-corrected chi connectivity index (χ2v) is 6.24. The van der Waals surface area contributed by atoms with Crippen LogP contribution in [0.3, 0.4) is 0 Å². The van der Waals surface area contributed by atoms with Crippen LogP contribution in [0.15, 0.2) is 0 Å². The molecule has 1 N–H and O–H groups in total. The van der Waals surface area contributed by atoms with E-state index in [0.29, 0.717) is 0 Å². The fraction of sp³-hybridized carbons (Fsp3) is 0.571. The van der Waals surface area contributed by atoms with Gasteiger partial charge in [-0.1, -0.05) is 0 Å². The Kier molecular flexibility index (Phi) is 3.52. The molecule has 0 radical (unpaired) electrons. The minimum atomic E-state index is 0.0502. The standard InChI is InChI=1S/C14H20N4OS/c1-8-11(14(19-4)18(3)17-8)12(15-2)13-16-9-6-5-7-10(9)20-13/h12,15H,5-7H2,1-4H3. The van der Waals surface area contributed by atoms with Crippen LogP contribution in [-0.4, -0.2) is 28.9 Å². The number of aryl methyl sites for hydroxylation is 4. The molecule has 0 saturated carbocycles. The van der Waals surface area contributed by atoms with E-state index in [1.807, 2.05) is 32.4 Å². The molecule has 5 nitrogen and oxygen atoms in total. The summed E-state index contributed by atoms with van der Waals surface area (Å²) in [5.74, 6) is 0.803. The monoisotopic (exact) mass is 292 g/mol. The summed E-state index contributed by atoms with van der Waals surface area (Å²) in [6.07, 6.45) is 3.53. The highest BCUT2D eigenvalue weighted by molar-refractivity contribution is 7.11. The molecule has 2 heterocycles. The van der Waals surface area contributed by atoms with Crippen molar-refractivity contribution in [3.8, 4) is 5.88 Å². The van der Waals surface area contributed by atoms with E-state index in [1.54, 1.807) is 11.8 Å². The summed E-state index contributed by atoms with van der Waals surface area (Å²) >= 11 is 1.82. The molecule has 0 aliphatic heterocycles. The molecule has 0 amide bonds. The van der Waals surface area contributed by atoms with Crippen molar-refractivity contribution in [1.82, 2.24) is 20.1 Å². The van der Waals surface area contributed by atoms with E-state index in [4.69, 9.17) is 9.72 Å². The van der Waals surface area contributed by atoms with Crippen LogP contribution in [0.4, 0.5) is 0 Å². The van der Waals surface area contributed by atoms with Crippen LogP contribution in [-0.2, 0) is 19.9 Å². The molecule has 1 unspecified atom stereocenters. The third-order valence-corrected chi connectivity index (χ3v) is 5.07. The molecular formula is C14H20N4OS. The van der Waals surface area contributed by atoms with Gasteiger partial charge in [0.1, 0.15) is 5.01 Å². The quantitative estimate of drug-likeness (QED) is 0.936. The van der Waals surface area contributed by atoms with Crippen molar-refractivity contribution in [2.45, 2.75) is 32.2 Å². The molecule has 2 aromatic rings. The highest BCUT2D eigenvalue weighted by atomic mass is 32.1. The molecule has 1 aliphatic rings. The van der Waals surface area contributed by atoms with Crippen molar-refractivity contribution >= 4 is 11.3 Å². The molecule has 0 aromatic carbocycles. The second kappa shape index (κ2) is 5.18. The average Bonchev–Trinajstić information content (AvgIpc) is 3.05. The van der Waals surface area contributed by atoms with E-state index in [0.717, 1.165) is 28.6 Å². The number of fused-ring (bicyclic) bond motifs is 1. The summed E-state index contributed by atoms with van der Waals surface area (Å²) in [4.78, 5) is 6.27. The van der Waals surface area contributed by atoms with E-state index in [2.05, 4.69) is 10.4 Å². The van der Waals surface area contributed by atoms with Gasteiger partial charge < -0.3 is 10.1 Å². The largest absolute Gasteiger partial charge is 0.481 e. The Labute approximate surface area is 123 Å². The number of nitrogens with zero attached hydrogens (tertiary/aromatic N) is 3. The van der Waals surface area contributed by atoms with E-state index in [-0.39, 0.29) is 6.04 Å². The van der Waals surface area contributed by atoms with Crippen LogP contribution in [0.2, 0.25) is 0 Å². The average molecular weight is 292 g/mol. The lowest BCUT2D eigenvalue weighted by atomic mass is 10.1. The SMILES string of the molecule is CNC(c1nc2c(s1)CCC2)c1c(C)nn(C)c1OC. The number of ether oxygens (including phenoxy) is 1. The van der Waals surface area contributed by atoms with Crippen molar-refractivity contribution in [2.24, 2.45) is 7.05 Å². The van der Waals surface area contributed by atoms with Crippen molar-refractivity contribution in [1.29, 1.82) is 0 Å². The Morgan fingerprint density at radius 2 is 2.20 bits per heavy atom. The zero-order valence-electron chi connectivity index (χ0n) is 12.4. The first kappa shape index (κ1) is 13.6. The normalized spacial score (nSPS) is 15.4. The molecule has 0 saturated heterocycles. The summed E-state index contributed by atoms with van der Waals surface area (Å²) in [6.45, 7) is 2.02. The van der Waals surface area contributed by atoms with Crippen LogP contribution in [0.5, 0.6) is 5.88 Å². The number of aromatic nitrogens is 3. The van der Waals surface area contributed by atoms with Gasteiger partial charge in [-0.25, -0.2) is 9.67 Å². The summed E-state index contributed by atoms with van der Waals surface area (Å²) in [5.41, 5.74) is 3.36. The number of methoxy groups -OCH3 is 1. The molecule has 20 heavy (non-hydrogen) atoms. The Bertz CT molecular complexity index is 610.